The first kappa shape index (κ1) is 18.4. The van der Waals surface area contributed by atoms with Crippen LogP contribution in [0, 0.1) is 6.92 Å². The van der Waals surface area contributed by atoms with Crippen molar-refractivity contribution in [1.82, 2.24) is 14.6 Å². The average molecular weight is 391 g/mol. The zero-order chi connectivity index (χ0) is 19.7. The van der Waals surface area contributed by atoms with Gasteiger partial charge < -0.3 is 4.90 Å². The Morgan fingerprint density at radius 3 is 2.50 bits per heavy atom. The van der Waals surface area contributed by atoms with Crippen LogP contribution in [-0.4, -0.2) is 27.7 Å². The summed E-state index contributed by atoms with van der Waals surface area (Å²) in [6, 6.07) is 16.3. The fourth-order valence-corrected chi connectivity index (χ4v) is 4.17. The molecule has 6 heteroatoms. The van der Waals surface area contributed by atoms with Crippen LogP contribution in [0.3, 0.4) is 0 Å². The number of aryl methyl sites for hydroxylation is 1. The summed E-state index contributed by atoms with van der Waals surface area (Å²) in [5.41, 5.74) is 4.12. The van der Waals surface area contributed by atoms with Gasteiger partial charge in [-0.15, -0.1) is 5.10 Å². The van der Waals surface area contributed by atoms with Gasteiger partial charge in [0, 0.05) is 24.3 Å². The SMILES string of the molecule is CCN(CC)c1ccc(/C=c2\sc3nc(-c4cccc(C)c4)nn3c2=O)cc1. The fraction of sp³-hybridized carbons (Fsp3) is 0.227. The van der Waals surface area contributed by atoms with Crippen molar-refractivity contribution < 1.29 is 0 Å². The van der Waals surface area contributed by atoms with Gasteiger partial charge in [0.25, 0.3) is 5.56 Å². The van der Waals surface area contributed by atoms with Crippen LogP contribution in [0.25, 0.3) is 22.4 Å². The van der Waals surface area contributed by atoms with Crippen LogP contribution < -0.4 is 15.0 Å². The van der Waals surface area contributed by atoms with Crippen LogP contribution in [0.5, 0.6) is 0 Å². The number of thiazole rings is 1. The quantitative estimate of drug-likeness (QED) is 0.523. The van der Waals surface area contributed by atoms with Gasteiger partial charge in [0.05, 0.1) is 4.53 Å². The van der Waals surface area contributed by atoms with Crippen molar-refractivity contribution in [3.05, 3.63) is 74.5 Å². The summed E-state index contributed by atoms with van der Waals surface area (Å²) in [6.07, 6.45) is 1.90. The number of aromatic nitrogens is 3. The van der Waals surface area contributed by atoms with E-state index in [9.17, 15) is 4.79 Å². The molecule has 2 heterocycles. The highest BCUT2D eigenvalue weighted by atomic mass is 32.1. The summed E-state index contributed by atoms with van der Waals surface area (Å²) in [5, 5.41) is 4.42. The van der Waals surface area contributed by atoms with E-state index in [1.54, 1.807) is 0 Å². The largest absolute Gasteiger partial charge is 0.372 e. The van der Waals surface area contributed by atoms with Crippen LogP contribution in [0.15, 0.2) is 53.3 Å². The fourth-order valence-electron chi connectivity index (χ4n) is 3.26. The van der Waals surface area contributed by atoms with Gasteiger partial charge in [0.15, 0.2) is 5.82 Å². The molecule has 0 aliphatic carbocycles. The van der Waals surface area contributed by atoms with Crippen LogP contribution in [0.2, 0.25) is 0 Å². The molecule has 0 atom stereocenters. The third-order valence-electron chi connectivity index (χ3n) is 4.78. The number of hydrogen-bond donors (Lipinski definition) is 0. The molecule has 0 aliphatic rings. The molecule has 2 aromatic carbocycles. The Morgan fingerprint density at radius 2 is 1.86 bits per heavy atom. The Morgan fingerprint density at radius 1 is 1.11 bits per heavy atom. The van der Waals surface area contributed by atoms with E-state index in [0.29, 0.717) is 15.3 Å². The lowest BCUT2D eigenvalue weighted by Gasteiger charge is -2.20. The molecule has 0 fully saturated rings. The third-order valence-corrected chi connectivity index (χ3v) is 5.74. The molecule has 4 aromatic rings. The molecule has 0 saturated heterocycles. The van der Waals surface area contributed by atoms with Crippen LogP contribution in [0.4, 0.5) is 5.69 Å². The van der Waals surface area contributed by atoms with Gasteiger partial charge in [-0.2, -0.15) is 9.50 Å². The zero-order valence-corrected chi connectivity index (χ0v) is 17.0. The zero-order valence-electron chi connectivity index (χ0n) is 16.2. The standard InChI is InChI=1S/C22H22N4OS/c1-4-25(5-2)18-11-9-16(10-12-18)14-19-21(27)26-22(28-19)23-20(24-26)17-8-6-7-15(3)13-17/h6-14H,4-5H2,1-3H3/b19-14-. The second-order valence-corrected chi connectivity index (χ2v) is 7.69. The lowest BCUT2D eigenvalue weighted by atomic mass is 10.1. The lowest BCUT2D eigenvalue weighted by molar-refractivity contribution is 0.866. The minimum absolute atomic E-state index is 0.126. The summed E-state index contributed by atoms with van der Waals surface area (Å²) in [4.78, 5) is 20.2. The predicted octanol–water partition coefficient (Wildman–Crippen LogP) is 3.52. The van der Waals surface area contributed by atoms with Gasteiger partial charge in [-0.25, -0.2) is 0 Å². The van der Waals surface area contributed by atoms with Crippen LogP contribution in [-0.2, 0) is 0 Å². The van der Waals surface area contributed by atoms with Crippen molar-refractivity contribution in [2.45, 2.75) is 20.8 Å². The summed E-state index contributed by atoms with van der Waals surface area (Å²) in [5.74, 6) is 0.585. The van der Waals surface area contributed by atoms with Gasteiger partial charge in [0.1, 0.15) is 0 Å². The number of hydrogen-bond acceptors (Lipinski definition) is 5. The predicted molar refractivity (Wildman–Crippen MR) is 116 cm³/mol. The second kappa shape index (κ2) is 7.56. The van der Waals surface area contributed by atoms with E-state index in [4.69, 9.17) is 0 Å². The van der Waals surface area contributed by atoms with Gasteiger partial charge in [-0.3, -0.25) is 4.79 Å². The molecule has 0 unspecified atom stereocenters. The van der Waals surface area contributed by atoms with Crippen molar-refractivity contribution in [2.24, 2.45) is 0 Å². The molecule has 142 valence electrons. The van der Waals surface area contributed by atoms with Crippen molar-refractivity contribution in [1.29, 1.82) is 0 Å². The summed E-state index contributed by atoms with van der Waals surface area (Å²) in [7, 11) is 0. The Bertz CT molecular complexity index is 1220. The van der Waals surface area contributed by atoms with Crippen molar-refractivity contribution in [3.63, 3.8) is 0 Å². The average Bonchev–Trinajstić information content (AvgIpc) is 3.24. The molecule has 0 N–H and O–H groups in total. The maximum atomic E-state index is 12.7. The molecule has 0 amide bonds. The van der Waals surface area contributed by atoms with Crippen molar-refractivity contribution in [3.8, 4) is 11.4 Å². The van der Waals surface area contributed by atoms with E-state index in [1.165, 1.54) is 21.5 Å². The molecule has 2 aromatic heterocycles. The van der Waals surface area contributed by atoms with E-state index in [-0.39, 0.29) is 5.56 Å². The molecule has 0 radical (unpaired) electrons. The maximum absolute atomic E-state index is 12.7. The third kappa shape index (κ3) is 3.43. The van der Waals surface area contributed by atoms with Gasteiger partial charge in [-0.1, -0.05) is 47.2 Å². The monoisotopic (exact) mass is 390 g/mol. The van der Waals surface area contributed by atoms with Gasteiger partial charge in [0.2, 0.25) is 4.96 Å². The molecule has 0 saturated carbocycles. The summed E-state index contributed by atoms with van der Waals surface area (Å²) in [6.45, 7) is 8.27. The number of nitrogens with zero attached hydrogens (tertiary/aromatic N) is 4. The molecule has 28 heavy (non-hydrogen) atoms. The minimum atomic E-state index is -0.126. The van der Waals surface area contributed by atoms with E-state index in [1.807, 2.05) is 49.4 Å². The first-order chi connectivity index (χ1) is 13.6. The Hall–Kier alpha value is -2.99. The van der Waals surface area contributed by atoms with Gasteiger partial charge >= 0.3 is 0 Å². The second-order valence-electron chi connectivity index (χ2n) is 6.68. The van der Waals surface area contributed by atoms with Crippen LogP contribution >= 0.6 is 11.3 Å². The van der Waals surface area contributed by atoms with E-state index >= 15 is 0 Å². The van der Waals surface area contributed by atoms with Crippen molar-refractivity contribution >= 4 is 28.1 Å². The normalized spacial score (nSPS) is 12.0. The van der Waals surface area contributed by atoms with Gasteiger partial charge in [-0.05, 0) is 50.6 Å². The Balaban J connectivity index is 1.69. The maximum Gasteiger partial charge on any atom is 0.291 e. The Labute approximate surface area is 167 Å². The molecule has 4 rings (SSSR count). The lowest BCUT2D eigenvalue weighted by Crippen LogP contribution is -2.23. The van der Waals surface area contributed by atoms with E-state index in [2.05, 4.69) is 41.0 Å². The highest BCUT2D eigenvalue weighted by molar-refractivity contribution is 7.15. The summed E-state index contributed by atoms with van der Waals surface area (Å²) >= 11 is 1.37. The molecular formula is C22H22N4OS. The molecule has 5 nitrogen and oxygen atoms in total. The topological polar surface area (TPSA) is 50.5 Å². The minimum Gasteiger partial charge on any atom is -0.372 e. The number of benzene rings is 2. The smallest absolute Gasteiger partial charge is 0.291 e. The van der Waals surface area contributed by atoms with Crippen molar-refractivity contribution in [2.75, 3.05) is 18.0 Å². The van der Waals surface area contributed by atoms with E-state index in [0.717, 1.165) is 29.8 Å². The molecule has 0 aliphatic heterocycles. The molecular weight excluding hydrogens is 368 g/mol. The first-order valence-electron chi connectivity index (χ1n) is 9.42. The first-order valence-corrected chi connectivity index (χ1v) is 10.2. The highest BCUT2D eigenvalue weighted by Crippen LogP contribution is 2.18. The Kier molecular flexibility index (Phi) is 4.96. The number of rotatable bonds is 5. The highest BCUT2D eigenvalue weighted by Gasteiger charge is 2.12. The van der Waals surface area contributed by atoms with Crippen LogP contribution in [0.1, 0.15) is 25.0 Å². The van der Waals surface area contributed by atoms with E-state index < -0.39 is 0 Å². The molecule has 0 bridgehead atoms. The molecule has 0 spiro atoms. The number of fused-ring (bicyclic) bond motifs is 1. The number of anilines is 1. The summed E-state index contributed by atoms with van der Waals surface area (Å²) < 4.78 is 2.04.